The number of carbonyl (C=O) groups is 1. The summed E-state index contributed by atoms with van der Waals surface area (Å²) >= 11 is 5.87. The second-order valence-corrected chi connectivity index (χ2v) is 6.67. The molecule has 32 heavy (non-hydrogen) atoms. The molecular weight excluding hydrogens is 457 g/mol. The standard InChI is InChI=1S/C20H14ClF3N2O6/c21-16-5-11(22)1-3-17(16)31-9-14-2-4-18(32-14)20(27)25-12-6-13(26(28)29)8-15(7-12)30-10-19(23)24/h1-8,19H,9-10H2,(H,25,27). The van der Waals surface area contributed by atoms with Crippen LogP contribution in [0.4, 0.5) is 24.5 Å². The van der Waals surface area contributed by atoms with Gasteiger partial charge in [0.25, 0.3) is 18.0 Å². The highest BCUT2D eigenvalue weighted by molar-refractivity contribution is 6.32. The van der Waals surface area contributed by atoms with Crippen LogP contribution in [0.15, 0.2) is 52.9 Å². The van der Waals surface area contributed by atoms with Crippen LogP contribution in [0.25, 0.3) is 0 Å². The van der Waals surface area contributed by atoms with E-state index in [1.54, 1.807) is 0 Å². The lowest BCUT2D eigenvalue weighted by atomic mass is 10.2. The van der Waals surface area contributed by atoms with Crippen LogP contribution in [0.1, 0.15) is 16.3 Å². The summed E-state index contributed by atoms with van der Waals surface area (Å²) in [5.41, 5.74) is -0.516. The highest BCUT2D eigenvalue weighted by Gasteiger charge is 2.17. The molecule has 1 heterocycles. The molecule has 12 heteroatoms. The van der Waals surface area contributed by atoms with E-state index in [1.165, 1.54) is 24.3 Å². The number of nitro benzene ring substituents is 1. The Balaban J connectivity index is 1.68. The second-order valence-electron chi connectivity index (χ2n) is 6.26. The first-order valence-corrected chi connectivity index (χ1v) is 9.27. The number of alkyl halides is 2. The van der Waals surface area contributed by atoms with Crippen LogP contribution >= 0.6 is 11.6 Å². The Labute approximate surface area is 183 Å². The molecule has 1 aromatic heterocycles. The second kappa shape index (κ2) is 10.1. The Morgan fingerprint density at radius 3 is 2.62 bits per heavy atom. The number of anilines is 1. The number of carbonyl (C=O) groups excluding carboxylic acids is 1. The average molecular weight is 471 g/mol. The van der Waals surface area contributed by atoms with Crippen molar-refractivity contribution >= 4 is 28.9 Å². The summed E-state index contributed by atoms with van der Waals surface area (Å²) in [5.74, 6) is -1.17. The van der Waals surface area contributed by atoms with Gasteiger partial charge < -0.3 is 19.2 Å². The number of hydrogen-bond donors (Lipinski definition) is 1. The Morgan fingerprint density at radius 2 is 1.94 bits per heavy atom. The molecule has 3 rings (SSSR count). The highest BCUT2D eigenvalue weighted by atomic mass is 35.5. The quantitative estimate of drug-likeness (QED) is 0.329. The van der Waals surface area contributed by atoms with Crippen molar-refractivity contribution in [3.63, 3.8) is 0 Å². The summed E-state index contributed by atoms with van der Waals surface area (Å²) in [6.07, 6.45) is -2.78. The normalized spacial score (nSPS) is 10.8. The van der Waals surface area contributed by atoms with Gasteiger partial charge in [0.05, 0.1) is 21.7 Å². The number of nitrogens with one attached hydrogen (secondary N) is 1. The number of ether oxygens (including phenoxy) is 2. The minimum atomic E-state index is -2.78. The van der Waals surface area contributed by atoms with E-state index in [1.807, 2.05) is 0 Å². The van der Waals surface area contributed by atoms with E-state index in [0.717, 1.165) is 24.3 Å². The minimum Gasteiger partial charge on any atom is -0.487 e. The molecule has 0 radical (unpaired) electrons. The van der Waals surface area contributed by atoms with Gasteiger partial charge in [0.2, 0.25) is 0 Å². The molecule has 0 aliphatic carbocycles. The van der Waals surface area contributed by atoms with Gasteiger partial charge in [-0.1, -0.05) is 11.6 Å². The first kappa shape index (κ1) is 22.9. The SMILES string of the molecule is O=C(Nc1cc(OCC(F)F)cc([N+](=O)[O-])c1)c1ccc(COc2ccc(F)cc2Cl)o1. The largest absolute Gasteiger partial charge is 0.487 e. The summed E-state index contributed by atoms with van der Waals surface area (Å²) in [7, 11) is 0. The van der Waals surface area contributed by atoms with Crippen LogP contribution in [0, 0.1) is 15.9 Å². The number of hydrogen-bond acceptors (Lipinski definition) is 6. The minimum absolute atomic E-state index is 0.0549. The van der Waals surface area contributed by atoms with Gasteiger partial charge in [-0.25, -0.2) is 13.2 Å². The van der Waals surface area contributed by atoms with Crippen LogP contribution < -0.4 is 14.8 Å². The zero-order valence-corrected chi connectivity index (χ0v) is 16.8. The maximum atomic E-state index is 13.1. The van der Waals surface area contributed by atoms with Gasteiger partial charge in [0, 0.05) is 12.1 Å². The lowest BCUT2D eigenvalue weighted by Gasteiger charge is -2.09. The Morgan fingerprint density at radius 1 is 1.16 bits per heavy atom. The van der Waals surface area contributed by atoms with E-state index in [9.17, 15) is 28.1 Å². The molecule has 0 atom stereocenters. The van der Waals surface area contributed by atoms with Crippen LogP contribution in [-0.2, 0) is 6.61 Å². The zero-order valence-electron chi connectivity index (χ0n) is 16.0. The summed E-state index contributed by atoms with van der Waals surface area (Å²) in [6.45, 7) is -1.07. The number of furan rings is 1. The molecule has 3 aromatic rings. The van der Waals surface area contributed by atoms with Gasteiger partial charge in [0.15, 0.2) is 5.76 Å². The maximum Gasteiger partial charge on any atom is 0.291 e. The van der Waals surface area contributed by atoms with Gasteiger partial charge in [-0.05, 0) is 30.3 Å². The van der Waals surface area contributed by atoms with Gasteiger partial charge >= 0.3 is 0 Å². The topological polar surface area (TPSA) is 104 Å². The van der Waals surface area contributed by atoms with Crippen molar-refractivity contribution in [2.45, 2.75) is 13.0 Å². The van der Waals surface area contributed by atoms with E-state index in [2.05, 4.69) is 5.32 Å². The molecular formula is C20H14ClF3N2O6. The molecule has 0 saturated carbocycles. The molecule has 8 nitrogen and oxygen atoms in total. The van der Waals surface area contributed by atoms with Crippen LogP contribution in [-0.4, -0.2) is 23.9 Å². The van der Waals surface area contributed by atoms with Crippen LogP contribution in [0.2, 0.25) is 5.02 Å². The number of halogens is 4. The third kappa shape index (κ3) is 6.14. The zero-order chi connectivity index (χ0) is 23.3. The average Bonchev–Trinajstić information content (AvgIpc) is 3.20. The summed E-state index contributed by atoms with van der Waals surface area (Å²) in [5, 5.41) is 13.5. The Kier molecular flexibility index (Phi) is 7.21. The lowest BCUT2D eigenvalue weighted by Crippen LogP contribution is -2.12. The first-order valence-electron chi connectivity index (χ1n) is 8.89. The van der Waals surface area contributed by atoms with E-state index >= 15 is 0 Å². The van der Waals surface area contributed by atoms with E-state index in [0.29, 0.717) is 0 Å². The summed E-state index contributed by atoms with van der Waals surface area (Å²) in [4.78, 5) is 22.7. The highest BCUT2D eigenvalue weighted by Crippen LogP contribution is 2.28. The fourth-order valence-corrected chi connectivity index (χ4v) is 2.74. The van der Waals surface area contributed by atoms with Crippen molar-refractivity contribution in [3.8, 4) is 11.5 Å². The molecule has 2 aromatic carbocycles. The van der Waals surface area contributed by atoms with Crippen LogP contribution in [0.3, 0.4) is 0 Å². The molecule has 168 valence electrons. The third-order valence-corrected chi connectivity index (χ3v) is 4.18. The van der Waals surface area contributed by atoms with Gasteiger partial charge in [0.1, 0.15) is 36.3 Å². The van der Waals surface area contributed by atoms with Gasteiger partial charge in [-0.2, -0.15) is 0 Å². The number of nitro groups is 1. The predicted molar refractivity (Wildman–Crippen MR) is 107 cm³/mol. The van der Waals surface area contributed by atoms with Crippen LogP contribution in [0.5, 0.6) is 11.5 Å². The van der Waals surface area contributed by atoms with E-state index < -0.39 is 35.4 Å². The molecule has 0 unspecified atom stereocenters. The fraction of sp³-hybridized carbons (Fsp3) is 0.150. The monoisotopic (exact) mass is 470 g/mol. The van der Waals surface area contributed by atoms with Crippen molar-refractivity contribution in [1.29, 1.82) is 0 Å². The number of rotatable bonds is 9. The lowest BCUT2D eigenvalue weighted by molar-refractivity contribution is -0.384. The molecule has 0 spiro atoms. The van der Waals surface area contributed by atoms with Gasteiger partial charge in [-0.3, -0.25) is 14.9 Å². The van der Waals surface area contributed by atoms with Crippen molar-refractivity contribution in [2.75, 3.05) is 11.9 Å². The number of benzene rings is 2. The first-order chi connectivity index (χ1) is 15.2. The third-order valence-electron chi connectivity index (χ3n) is 3.89. The fourth-order valence-electron chi connectivity index (χ4n) is 2.51. The van der Waals surface area contributed by atoms with E-state index in [4.69, 9.17) is 25.5 Å². The predicted octanol–water partition coefficient (Wildman–Crippen LogP) is 5.46. The molecule has 1 amide bonds. The smallest absolute Gasteiger partial charge is 0.291 e. The molecule has 0 saturated heterocycles. The summed E-state index contributed by atoms with van der Waals surface area (Å²) in [6, 6.07) is 9.54. The molecule has 1 N–H and O–H groups in total. The number of nitrogens with zero attached hydrogens (tertiary/aromatic N) is 1. The van der Waals surface area contributed by atoms with Crippen molar-refractivity contribution in [1.82, 2.24) is 0 Å². The summed E-state index contributed by atoms with van der Waals surface area (Å²) < 4.78 is 53.4. The number of non-ortho nitro benzene ring substituents is 1. The molecule has 0 bridgehead atoms. The maximum absolute atomic E-state index is 13.1. The van der Waals surface area contributed by atoms with E-state index in [-0.39, 0.29) is 40.3 Å². The van der Waals surface area contributed by atoms with Gasteiger partial charge in [-0.15, -0.1) is 0 Å². The van der Waals surface area contributed by atoms with Crippen molar-refractivity contribution in [3.05, 3.63) is 81.0 Å². The molecule has 0 aliphatic heterocycles. The Hall–Kier alpha value is -3.73. The molecule has 0 aliphatic rings. The number of amides is 1. The van der Waals surface area contributed by atoms with Crippen molar-refractivity contribution in [2.24, 2.45) is 0 Å². The van der Waals surface area contributed by atoms with Crippen molar-refractivity contribution < 1.29 is 36.8 Å². The Bertz CT molecular complexity index is 1140. The molecule has 0 fully saturated rings.